The third-order valence-electron chi connectivity index (χ3n) is 4.54. The number of hydrogen-bond acceptors (Lipinski definition) is 4. The van der Waals surface area contributed by atoms with Gasteiger partial charge in [0.05, 0.1) is 6.26 Å². The molecule has 1 aromatic heterocycles. The smallest absolute Gasteiger partial charge is 0.290 e. The molecular formula is C16H24ClN3O3. The van der Waals surface area contributed by atoms with E-state index in [2.05, 4.69) is 5.32 Å². The van der Waals surface area contributed by atoms with Crippen molar-refractivity contribution in [1.82, 2.24) is 10.2 Å². The van der Waals surface area contributed by atoms with Crippen molar-refractivity contribution in [2.45, 2.75) is 44.2 Å². The molecule has 6 nitrogen and oxygen atoms in total. The van der Waals surface area contributed by atoms with Crippen LogP contribution in [0.3, 0.4) is 0 Å². The molecule has 2 unspecified atom stereocenters. The summed E-state index contributed by atoms with van der Waals surface area (Å²) in [6.07, 6.45) is 6.34. The number of carbonyl (C=O) groups is 2. The summed E-state index contributed by atoms with van der Waals surface area (Å²) in [6.45, 7) is 1.08. The standard InChI is InChI=1S/C16H23N3O3.ClH/c17-12(11-6-7-11)10-18-15(20)13-4-1-2-8-19(13)16(21)14-5-3-9-22-14;/h3,5,9,11-13H,1-2,4,6-8,10,17H2,(H,18,20);1H. The van der Waals surface area contributed by atoms with Gasteiger partial charge in [-0.15, -0.1) is 12.4 Å². The van der Waals surface area contributed by atoms with Crippen LogP contribution in [0, 0.1) is 5.92 Å². The largest absolute Gasteiger partial charge is 0.459 e. The van der Waals surface area contributed by atoms with Crippen molar-refractivity contribution in [2.24, 2.45) is 11.7 Å². The summed E-state index contributed by atoms with van der Waals surface area (Å²) < 4.78 is 5.17. The molecule has 128 valence electrons. The fourth-order valence-electron chi connectivity index (χ4n) is 3.02. The molecule has 1 aliphatic carbocycles. The second-order valence-electron chi connectivity index (χ2n) is 6.23. The first-order chi connectivity index (χ1) is 10.7. The van der Waals surface area contributed by atoms with Gasteiger partial charge in [0, 0.05) is 19.1 Å². The summed E-state index contributed by atoms with van der Waals surface area (Å²) in [7, 11) is 0. The van der Waals surface area contributed by atoms with Crippen LogP contribution in [-0.4, -0.2) is 41.9 Å². The van der Waals surface area contributed by atoms with Crippen LogP contribution < -0.4 is 11.1 Å². The minimum atomic E-state index is -0.419. The number of piperidine rings is 1. The van der Waals surface area contributed by atoms with Gasteiger partial charge >= 0.3 is 0 Å². The lowest BCUT2D eigenvalue weighted by Crippen LogP contribution is -2.53. The summed E-state index contributed by atoms with van der Waals surface area (Å²) >= 11 is 0. The van der Waals surface area contributed by atoms with Crippen LogP contribution in [0.25, 0.3) is 0 Å². The van der Waals surface area contributed by atoms with Crippen LogP contribution in [0.5, 0.6) is 0 Å². The minimum absolute atomic E-state index is 0. The van der Waals surface area contributed by atoms with Crippen LogP contribution in [0.1, 0.15) is 42.7 Å². The Kier molecular flexibility index (Phi) is 6.07. The maximum atomic E-state index is 12.5. The third-order valence-corrected chi connectivity index (χ3v) is 4.54. The number of nitrogens with two attached hydrogens (primary N) is 1. The first-order valence-electron chi connectivity index (χ1n) is 8.04. The van der Waals surface area contributed by atoms with Gasteiger partial charge in [0.1, 0.15) is 6.04 Å². The van der Waals surface area contributed by atoms with Gasteiger partial charge in [-0.1, -0.05) is 0 Å². The predicted molar refractivity (Wildman–Crippen MR) is 88.3 cm³/mol. The fourth-order valence-corrected chi connectivity index (χ4v) is 3.02. The number of hydrogen-bond donors (Lipinski definition) is 2. The molecule has 2 amide bonds. The van der Waals surface area contributed by atoms with Gasteiger partial charge in [-0.3, -0.25) is 9.59 Å². The van der Waals surface area contributed by atoms with E-state index in [1.165, 1.54) is 6.26 Å². The molecule has 3 N–H and O–H groups in total. The molecule has 0 radical (unpaired) electrons. The zero-order valence-corrected chi connectivity index (χ0v) is 13.9. The first-order valence-corrected chi connectivity index (χ1v) is 8.04. The van der Waals surface area contributed by atoms with E-state index in [1.54, 1.807) is 17.0 Å². The Hall–Kier alpha value is -1.53. The molecular weight excluding hydrogens is 318 g/mol. The summed E-state index contributed by atoms with van der Waals surface area (Å²) in [6, 6.07) is 2.93. The van der Waals surface area contributed by atoms with E-state index >= 15 is 0 Å². The Labute approximate surface area is 142 Å². The average molecular weight is 342 g/mol. The lowest BCUT2D eigenvalue weighted by molar-refractivity contribution is -0.126. The number of nitrogens with one attached hydrogen (secondary N) is 1. The van der Waals surface area contributed by atoms with E-state index < -0.39 is 6.04 Å². The number of furan rings is 1. The van der Waals surface area contributed by atoms with Gasteiger partial charge in [0.2, 0.25) is 5.91 Å². The van der Waals surface area contributed by atoms with E-state index in [4.69, 9.17) is 10.2 Å². The molecule has 2 fully saturated rings. The van der Waals surface area contributed by atoms with Crippen molar-refractivity contribution in [3.8, 4) is 0 Å². The predicted octanol–water partition coefficient (Wildman–Crippen LogP) is 1.55. The summed E-state index contributed by atoms with van der Waals surface area (Å²) in [5.74, 6) is 0.522. The molecule has 3 rings (SSSR count). The highest BCUT2D eigenvalue weighted by molar-refractivity contribution is 5.95. The Morgan fingerprint density at radius 2 is 2.13 bits per heavy atom. The maximum absolute atomic E-state index is 12.5. The quantitative estimate of drug-likeness (QED) is 0.850. The SMILES string of the molecule is Cl.NC(CNC(=O)C1CCCCN1C(=O)c1ccco1)C1CC1. The second-order valence-corrected chi connectivity index (χ2v) is 6.23. The van der Waals surface area contributed by atoms with E-state index in [0.717, 1.165) is 25.7 Å². The highest BCUT2D eigenvalue weighted by Crippen LogP contribution is 2.31. The molecule has 0 spiro atoms. The number of rotatable bonds is 5. The molecule has 2 atom stereocenters. The van der Waals surface area contributed by atoms with Gasteiger partial charge in [0.15, 0.2) is 5.76 Å². The Morgan fingerprint density at radius 1 is 1.35 bits per heavy atom. The highest BCUT2D eigenvalue weighted by atomic mass is 35.5. The topological polar surface area (TPSA) is 88.6 Å². The van der Waals surface area contributed by atoms with E-state index in [0.29, 0.717) is 25.4 Å². The maximum Gasteiger partial charge on any atom is 0.290 e. The van der Waals surface area contributed by atoms with Crippen LogP contribution in [-0.2, 0) is 4.79 Å². The zero-order valence-electron chi connectivity index (χ0n) is 13.1. The van der Waals surface area contributed by atoms with Gasteiger partial charge in [0.25, 0.3) is 5.91 Å². The van der Waals surface area contributed by atoms with Crippen molar-refractivity contribution < 1.29 is 14.0 Å². The molecule has 2 heterocycles. The molecule has 1 aliphatic heterocycles. The summed E-state index contributed by atoms with van der Waals surface area (Å²) in [5, 5.41) is 2.92. The lowest BCUT2D eigenvalue weighted by Gasteiger charge is -2.34. The molecule has 0 bridgehead atoms. The van der Waals surface area contributed by atoms with Crippen molar-refractivity contribution in [1.29, 1.82) is 0 Å². The Morgan fingerprint density at radius 3 is 2.78 bits per heavy atom. The van der Waals surface area contributed by atoms with E-state index in [9.17, 15) is 9.59 Å². The van der Waals surface area contributed by atoms with Crippen molar-refractivity contribution in [2.75, 3.05) is 13.1 Å². The van der Waals surface area contributed by atoms with Crippen molar-refractivity contribution >= 4 is 24.2 Å². The zero-order chi connectivity index (χ0) is 15.5. The highest BCUT2D eigenvalue weighted by Gasteiger charge is 2.34. The number of carbonyl (C=O) groups excluding carboxylic acids is 2. The van der Waals surface area contributed by atoms with Crippen LogP contribution >= 0.6 is 12.4 Å². The summed E-state index contributed by atoms with van der Waals surface area (Å²) in [5.41, 5.74) is 6.02. The Balaban J connectivity index is 0.00000192. The lowest BCUT2D eigenvalue weighted by atomic mass is 10.0. The monoisotopic (exact) mass is 341 g/mol. The van der Waals surface area contributed by atoms with Crippen molar-refractivity contribution in [3.63, 3.8) is 0 Å². The number of halogens is 1. The molecule has 7 heteroatoms. The summed E-state index contributed by atoms with van der Waals surface area (Å²) in [4.78, 5) is 26.5. The fraction of sp³-hybridized carbons (Fsp3) is 0.625. The van der Waals surface area contributed by atoms with Crippen LogP contribution in [0.4, 0.5) is 0 Å². The molecule has 1 aromatic rings. The van der Waals surface area contributed by atoms with Gasteiger partial charge in [-0.25, -0.2) is 0 Å². The number of nitrogens with zero attached hydrogens (tertiary/aromatic N) is 1. The second kappa shape index (κ2) is 7.84. The van der Waals surface area contributed by atoms with E-state index in [1.807, 2.05) is 0 Å². The molecule has 0 aromatic carbocycles. The molecule has 1 saturated heterocycles. The third kappa shape index (κ3) is 4.26. The Bertz CT molecular complexity index is 531. The first kappa shape index (κ1) is 17.8. The molecule has 2 aliphatic rings. The number of amides is 2. The van der Waals surface area contributed by atoms with Crippen molar-refractivity contribution in [3.05, 3.63) is 24.2 Å². The number of likely N-dealkylation sites (tertiary alicyclic amines) is 1. The normalized spacial score (nSPS) is 22.1. The average Bonchev–Trinajstić information content (AvgIpc) is 3.26. The van der Waals surface area contributed by atoms with Gasteiger partial charge in [-0.05, 0) is 50.2 Å². The molecule has 23 heavy (non-hydrogen) atoms. The minimum Gasteiger partial charge on any atom is -0.459 e. The van der Waals surface area contributed by atoms with Crippen LogP contribution in [0.15, 0.2) is 22.8 Å². The van der Waals surface area contributed by atoms with Gasteiger partial charge in [-0.2, -0.15) is 0 Å². The van der Waals surface area contributed by atoms with Gasteiger partial charge < -0.3 is 20.4 Å². The van der Waals surface area contributed by atoms with E-state index in [-0.39, 0.29) is 36.0 Å². The molecule has 1 saturated carbocycles. The van der Waals surface area contributed by atoms with Crippen LogP contribution in [0.2, 0.25) is 0 Å².